The number of hydrogen-bond donors (Lipinski definition) is 1. The average molecular weight is 313 g/mol. The van der Waals surface area contributed by atoms with E-state index in [9.17, 15) is 4.79 Å². The molecule has 1 unspecified atom stereocenters. The van der Waals surface area contributed by atoms with E-state index in [1.165, 1.54) is 12.0 Å². The minimum absolute atomic E-state index is 0. The molecule has 0 saturated carbocycles. The lowest BCUT2D eigenvalue weighted by Gasteiger charge is -2.32. The lowest BCUT2D eigenvalue weighted by atomic mass is 9.98. The topological polar surface area (TPSA) is 41.6 Å². The summed E-state index contributed by atoms with van der Waals surface area (Å²) in [4.78, 5) is 14.1. The summed E-state index contributed by atoms with van der Waals surface area (Å²) in [5.41, 5.74) is 1.19. The Balaban J connectivity index is 0.00000220. The Morgan fingerprint density at radius 1 is 1.38 bits per heavy atom. The van der Waals surface area contributed by atoms with Crippen molar-refractivity contribution in [3.05, 3.63) is 29.8 Å². The van der Waals surface area contributed by atoms with Gasteiger partial charge in [0.25, 0.3) is 5.91 Å². The van der Waals surface area contributed by atoms with Crippen molar-refractivity contribution in [3.63, 3.8) is 0 Å². The number of nitrogens with zero attached hydrogens (tertiary/aromatic N) is 1. The standard InChI is InChI=1S/C16H24N2O2.ClH/c1-13-5-7-15(8-6-13)20-12-16(19)18-9-3-4-14(11-18)10-17-2;/h5-8,14,17H,3-4,9-12H2,1-2H3;1H. The molecule has 0 radical (unpaired) electrons. The summed E-state index contributed by atoms with van der Waals surface area (Å²) in [5.74, 6) is 1.41. The van der Waals surface area contributed by atoms with Gasteiger partial charge >= 0.3 is 0 Å². The molecule has 21 heavy (non-hydrogen) atoms. The zero-order chi connectivity index (χ0) is 14.4. The fraction of sp³-hybridized carbons (Fsp3) is 0.562. The number of piperidine rings is 1. The Morgan fingerprint density at radius 3 is 2.76 bits per heavy atom. The minimum Gasteiger partial charge on any atom is -0.484 e. The van der Waals surface area contributed by atoms with Gasteiger partial charge in [-0.15, -0.1) is 12.4 Å². The maximum absolute atomic E-state index is 12.2. The van der Waals surface area contributed by atoms with E-state index < -0.39 is 0 Å². The Labute approximate surface area is 133 Å². The maximum Gasteiger partial charge on any atom is 0.260 e. The van der Waals surface area contributed by atoms with Crippen LogP contribution < -0.4 is 10.1 Å². The molecule has 1 aromatic rings. The first-order valence-electron chi connectivity index (χ1n) is 7.31. The van der Waals surface area contributed by atoms with E-state index in [4.69, 9.17) is 4.74 Å². The number of ether oxygens (including phenoxy) is 1. The van der Waals surface area contributed by atoms with Crippen LogP contribution in [0.2, 0.25) is 0 Å². The highest BCUT2D eigenvalue weighted by Crippen LogP contribution is 2.16. The fourth-order valence-electron chi connectivity index (χ4n) is 2.62. The summed E-state index contributed by atoms with van der Waals surface area (Å²) >= 11 is 0. The molecule has 0 aliphatic carbocycles. The van der Waals surface area contributed by atoms with Gasteiger partial charge in [0.05, 0.1) is 0 Å². The van der Waals surface area contributed by atoms with E-state index in [1.807, 2.05) is 43.1 Å². The van der Waals surface area contributed by atoms with Crippen LogP contribution in [-0.2, 0) is 4.79 Å². The van der Waals surface area contributed by atoms with Crippen molar-refractivity contribution in [3.8, 4) is 5.75 Å². The van der Waals surface area contributed by atoms with Crippen LogP contribution in [0.4, 0.5) is 0 Å². The van der Waals surface area contributed by atoms with Crippen molar-refractivity contribution in [1.29, 1.82) is 0 Å². The number of halogens is 1. The molecule has 1 aliphatic heterocycles. The van der Waals surface area contributed by atoms with Gasteiger partial charge in [-0.1, -0.05) is 17.7 Å². The van der Waals surface area contributed by atoms with Gasteiger partial charge in [-0.2, -0.15) is 0 Å². The second kappa shape index (κ2) is 8.90. The van der Waals surface area contributed by atoms with Crippen LogP contribution >= 0.6 is 12.4 Å². The van der Waals surface area contributed by atoms with Crippen molar-refractivity contribution in [2.75, 3.05) is 33.3 Å². The second-order valence-electron chi connectivity index (χ2n) is 5.51. The Bertz CT molecular complexity index is 434. The van der Waals surface area contributed by atoms with Gasteiger partial charge in [0, 0.05) is 13.1 Å². The molecule has 0 spiro atoms. The largest absolute Gasteiger partial charge is 0.484 e. The number of aryl methyl sites for hydroxylation is 1. The molecule has 1 aromatic carbocycles. The van der Waals surface area contributed by atoms with E-state index in [1.54, 1.807) is 0 Å². The molecule has 0 aromatic heterocycles. The van der Waals surface area contributed by atoms with Crippen molar-refractivity contribution in [2.24, 2.45) is 5.92 Å². The van der Waals surface area contributed by atoms with Crippen molar-refractivity contribution >= 4 is 18.3 Å². The van der Waals surface area contributed by atoms with E-state index >= 15 is 0 Å². The third kappa shape index (κ3) is 5.56. The number of nitrogens with one attached hydrogen (secondary N) is 1. The summed E-state index contributed by atoms with van der Waals surface area (Å²) in [6.07, 6.45) is 2.28. The number of hydrogen-bond acceptors (Lipinski definition) is 3. The lowest BCUT2D eigenvalue weighted by molar-refractivity contribution is -0.135. The molecule has 1 aliphatic rings. The predicted molar refractivity (Wildman–Crippen MR) is 87.2 cm³/mol. The summed E-state index contributed by atoms with van der Waals surface area (Å²) < 4.78 is 5.56. The number of likely N-dealkylation sites (tertiary alicyclic amines) is 1. The van der Waals surface area contributed by atoms with Crippen molar-refractivity contribution < 1.29 is 9.53 Å². The third-order valence-electron chi connectivity index (χ3n) is 3.75. The molecule has 1 heterocycles. The monoisotopic (exact) mass is 312 g/mol. The Kier molecular flexibility index (Phi) is 7.54. The van der Waals surface area contributed by atoms with Crippen molar-refractivity contribution in [1.82, 2.24) is 10.2 Å². The van der Waals surface area contributed by atoms with Gasteiger partial charge in [0.15, 0.2) is 6.61 Å². The summed E-state index contributed by atoms with van der Waals surface area (Å²) in [6, 6.07) is 7.79. The molecule has 1 N–H and O–H groups in total. The van der Waals surface area contributed by atoms with Crippen LogP contribution in [0.1, 0.15) is 18.4 Å². The van der Waals surface area contributed by atoms with Crippen LogP contribution in [0.15, 0.2) is 24.3 Å². The number of benzene rings is 1. The molecule has 118 valence electrons. The first-order valence-corrected chi connectivity index (χ1v) is 7.31. The molecule has 1 fully saturated rings. The molecule has 1 saturated heterocycles. The number of rotatable bonds is 5. The first-order chi connectivity index (χ1) is 9.69. The molecule has 2 rings (SSSR count). The van der Waals surface area contributed by atoms with Gasteiger partial charge in [0.2, 0.25) is 0 Å². The van der Waals surface area contributed by atoms with Gasteiger partial charge < -0.3 is 15.0 Å². The number of carbonyl (C=O) groups is 1. The van der Waals surface area contributed by atoms with Gasteiger partial charge in [-0.05, 0) is 51.4 Å². The minimum atomic E-state index is 0. The molecular formula is C16H25ClN2O2. The van der Waals surface area contributed by atoms with Gasteiger partial charge in [0.1, 0.15) is 5.75 Å². The second-order valence-corrected chi connectivity index (χ2v) is 5.51. The number of carbonyl (C=O) groups excluding carboxylic acids is 1. The normalized spacial score (nSPS) is 18.0. The summed E-state index contributed by atoms with van der Waals surface area (Å²) in [7, 11) is 1.96. The highest BCUT2D eigenvalue weighted by molar-refractivity contribution is 5.85. The van der Waals surface area contributed by atoms with Gasteiger partial charge in [-0.25, -0.2) is 0 Å². The first kappa shape index (κ1) is 17.8. The van der Waals surface area contributed by atoms with E-state index in [2.05, 4.69) is 5.32 Å². The predicted octanol–water partition coefficient (Wildman–Crippen LogP) is 2.25. The highest BCUT2D eigenvalue weighted by Gasteiger charge is 2.23. The summed E-state index contributed by atoms with van der Waals surface area (Å²) in [5, 5.41) is 3.19. The molecule has 0 bridgehead atoms. The fourth-order valence-corrected chi connectivity index (χ4v) is 2.62. The smallest absolute Gasteiger partial charge is 0.260 e. The van der Waals surface area contributed by atoms with E-state index in [0.29, 0.717) is 5.92 Å². The van der Waals surface area contributed by atoms with E-state index in [-0.39, 0.29) is 24.9 Å². The molecule has 5 heteroatoms. The molecule has 1 atom stereocenters. The molecule has 1 amide bonds. The third-order valence-corrected chi connectivity index (χ3v) is 3.75. The van der Waals surface area contributed by atoms with Gasteiger partial charge in [-0.3, -0.25) is 4.79 Å². The molecule has 4 nitrogen and oxygen atoms in total. The Hall–Kier alpha value is -1.26. The van der Waals surface area contributed by atoms with Crippen LogP contribution in [0.5, 0.6) is 5.75 Å². The molecular weight excluding hydrogens is 288 g/mol. The summed E-state index contributed by atoms with van der Waals surface area (Å²) in [6.45, 7) is 4.84. The van der Waals surface area contributed by atoms with Crippen LogP contribution in [-0.4, -0.2) is 44.1 Å². The zero-order valence-electron chi connectivity index (χ0n) is 12.8. The zero-order valence-corrected chi connectivity index (χ0v) is 13.6. The SMILES string of the molecule is CNCC1CCCN(C(=O)COc2ccc(C)cc2)C1.Cl. The maximum atomic E-state index is 12.2. The van der Waals surface area contributed by atoms with E-state index in [0.717, 1.165) is 31.8 Å². The average Bonchev–Trinajstić information content (AvgIpc) is 2.47. The quantitative estimate of drug-likeness (QED) is 0.907. The highest BCUT2D eigenvalue weighted by atomic mass is 35.5. The van der Waals surface area contributed by atoms with Crippen LogP contribution in [0.3, 0.4) is 0 Å². The number of amides is 1. The Morgan fingerprint density at radius 2 is 2.10 bits per heavy atom. The lowest BCUT2D eigenvalue weighted by Crippen LogP contribution is -2.44. The van der Waals surface area contributed by atoms with Crippen LogP contribution in [0, 0.1) is 12.8 Å². The van der Waals surface area contributed by atoms with Crippen LogP contribution in [0.25, 0.3) is 0 Å². The van der Waals surface area contributed by atoms with Crippen molar-refractivity contribution in [2.45, 2.75) is 19.8 Å².